The number of imidazole rings is 1. The highest BCUT2D eigenvalue weighted by Crippen LogP contribution is 2.25. The van der Waals surface area contributed by atoms with Crippen LogP contribution >= 0.6 is 0 Å². The highest BCUT2D eigenvalue weighted by Gasteiger charge is 2.32. The summed E-state index contributed by atoms with van der Waals surface area (Å²) in [7, 11) is 0. The summed E-state index contributed by atoms with van der Waals surface area (Å²) in [4.78, 5) is 39.5. The van der Waals surface area contributed by atoms with Gasteiger partial charge in [0.15, 0.2) is 5.76 Å². The molecule has 3 aromatic rings. The van der Waals surface area contributed by atoms with E-state index in [1.807, 2.05) is 11.0 Å². The molecule has 162 valence electrons. The van der Waals surface area contributed by atoms with Gasteiger partial charge in [-0.1, -0.05) is 6.07 Å². The number of carbonyl (C=O) groups is 2. The van der Waals surface area contributed by atoms with Gasteiger partial charge in [-0.25, -0.2) is 4.98 Å². The molecule has 0 radical (unpaired) electrons. The number of furan rings is 1. The van der Waals surface area contributed by atoms with Gasteiger partial charge in [-0.15, -0.1) is 0 Å². The van der Waals surface area contributed by atoms with Gasteiger partial charge in [-0.2, -0.15) is 0 Å². The van der Waals surface area contributed by atoms with E-state index in [2.05, 4.69) is 28.9 Å². The average molecular weight is 422 g/mol. The summed E-state index contributed by atoms with van der Waals surface area (Å²) >= 11 is 0. The van der Waals surface area contributed by atoms with Gasteiger partial charge in [0.1, 0.15) is 0 Å². The Morgan fingerprint density at radius 2 is 1.77 bits per heavy atom. The maximum absolute atomic E-state index is 13.0. The standard InChI is InChI=1S/C23H27N5O3/c1-16-4-5-18-19(15-16)25-23(24-18)28-8-6-17(7-9-28)21(29)26-10-12-27(13-11-26)22(30)20-3-2-14-31-20/h2-5,14-15,17H,6-13H2,1H3,(H,24,25). The normalized spacial score (nSPS) is 18.0. The second-order valence-electron chi connectivity index (χ2n) is 8.44. The van der Waals surface area contributed by atoms with E-state index in [4.69, 9.17) is 9.40 Å². The van der Waals surface area contributed by atoms with E-state index >= 15 is 0 Å². The van der Waals surface area contributed by atoms with Crippen molar-refractivity contribution < 1.29 is 14.0 Å². The van der Waals surface area contributed by atoms with E-state index in [9.17, 15) is 9.59 Å². The maximum Gasteiger partial charge on any atom is 0.289 e. The first kappa shape index (κ1) is 19.7. The molecule has 0 atom stereocenters. The zero-order chi connectivity index (χ0) is 21.4. The predicted molar refractivity (Wildman–Crippen MR) is 117 cm³/mol. The SMILES string of the molecule is Cc1ccc2nc(N3CCC(C(=O)N4CCN(C(=O)c5ccco5)CC4)CC3)[nH]c2c1. The quantitative estimate of drug-likeness (QED) is 0.703. The number of benzene rings is 1. The van der Waals surface area contributed by atoms with Crippen LogP contribution in [-0.4, -0.2) is 70.9 Å². The number of hydrogen-bond donors (Lipinski definition) is 1. The average Bonchev–Trinajstić information content (AvgIpc) is 3.48. The number of nitrogens with one attached hydrogen (secondary N) is 1. The Labute approximate surface area is 180 Å². The minimum atomic E-state index is -0.105. The van der Waals surface area contributed by atoms with Gasteiger partial charge in [0, 0.05) is 45.2 Å². The molecular weight excluding hydrogens is 394 g/mol. The Balaban J connectivity index is 1.14. The van der Waals surface area contributed by atoms with Gasteiger partial charge in [0.25, 0.3) is 5.91 Å². The lowest BCUT2D eigenvalue weighted by Crippen LogP contribution is -2.53. The fourth-order valence-electron chi connectivity index (χ4n) is 4.54. The van der Waals surface area contributed by atoms with Gasteiger partial charge >= 0.3 is 0 Å². The van der Waals surface area contributed by atoms with Crippen molar-refractivity contribution in [3.63, 3.8) is 0 Å². The molecule has 0 saturated carbocycles. The summed E-state index contributed by atoms with van der Waals surface area (Å²) in [5, 5.41) is 0. The second kappa shape index (κ2) is 8.09. The Kier molecular flexibility index (Phi) is 5.13. The van der Waals surface area contributed by atoms with E-state index < -0.39 is 0 Å². The summed E-state index contributed by atoms with van der Waals surface area (Å²) in [5.74, 6) is 1.39. The molecule has 2 aromatic heterocycles. The van der Waals surface area contributed by atoms with Crippen molar-refractivity contribution in [2.24, 2.45) is 5.92 Å². The van der Waals surface area contributed by atoms with Crippen molar-refractivity contribution in [3.05, 3.63) is 47.9 Å². The first-order chi connectivity index (χ1) is 15.1. The predicted octanol–water partition coefficient (Wildman–Crippen LogP) is 2.67. The zero-order valence-corrected chi connectivity index (χ0v) is 17.7. The van der Waals surface area contributed by atoms with E-state index in [-0.39, 0.29) is 17.7 Å². The van der Waals surface area contributed by atoms with E-state index in [0.717, 1.165) is 42.9 Å². The van der Waals surface area contributed by atoms with Crippen molar-refractivity contribution in [1.29, 1.82) is 0 Å². The van der Waals surface area contributed by atoms with E-state index in [0.29, 0.717) is 31.9 Å². The lowest BCUT2D eigenvalue weighted by atomic mass is 9.95. The molecule has 0 unspecified atom stereocenters. The van der Waals surface area contributed by atoms with E-state index in [1.54, 1.807) is 17.0 Å². The van der Waals surface area contributed by atoms with Gasteiger partial charge in [-0.3, -0.25) is 9.59 Å². The molecule has 5 rings (SSSR count). The molecule has 8 nitrogen and oxygen atoms in total. The molecule has 2 aliphatic rings. The smallest absolute Gasteiger partial charge is 0.289 e. The Hall–Kier alpha value is -3.29. The third kappa shape index (κ3) is 3.89. The van der Waals surface area contributed by atoms with Gasteiger partial charge in [-0.05, 0) is 49.6 Å². The van der Waals surface area contributed by atoms with Crippen molar-refractivity contribution in [2.75, 3.05) is 44.2 Å². The molecule has 8 heteroatoms. The lowest BCUT2D eigenvalue weighted by Gasteiger charge is -2.38. The number of H-pyrrole nitrogens is 1. The monoisotopic (exact) mass is 421 g/mol. The number of aryl methyl sites for hydroxylation is 1. The summed E-state index contributed by atoms with van der Waals surface area (Å²) in [6.07, 6.45) is 3.15. The number of hydrogen-bond acceptors (Lipinski definition) is 5. The van der Waals surface area contributed by atoms with Crippen molar-refractivity contribution in [3.8, 4) is 0 Å². The van der Waals surface area contributed by atoms with Gasteiger partial charge < -0.3 is 24.1 Å². The zero-order valence-electron chi connectivity index (χ0n) is 17.7. The molecule has 0 bridgehead atoms. The van der Waals surface area contributed by atoms with Crippen LogP contribution in [0.4, 0.5) is 5.95 Å². The molecule has 0 aliphatic carbocycles. The summed E-state index contributed by atoms with van der Waals surface area (Å²) < 4.78 is 5.21. The number of fused-ring (bicyclic) bond motifs is 1. The van der Waals surface area contributed by atoms with Crippen LogP contribution in [0, 0.1) is 12.8 Å². The number of piperazine rings is 1. The number of carbonyl (C=O) groups excluding carboxylic acids is 2. The molecule has 2 aliphatic heterocycles. The number of aromatic amines is 1. The minimum absolute atomic E-state index is 0.0372. The highest BCUT2D eigenvalue weighted by atomic mass is 16.3. The van der Waals surface area contributed by atoms with Crippen LogP contribution in [0.3, 0.4) is 0 Å². The Morgan fingerprint density at radius 1 is 1.03 bits per heavy atom. The summed E-state index contributed by atoms with van der Waals surface area (Å²) in [5.41, 5.74) is 3.23. The molecule has 2 saturated heterocycles. The number of amides is 2. The number of aromatic nitrogens is 2. The molecule has 4 heterocycles. The Bertz CT molecular complexity index is 1070. The van der Waals surface area contributed by atoms with Crippen molar-refractivity contribution >= 4 is 28.8 Å². The molecular formula is C23H27N5O3. The first-order valence-electron chi connectivity index (χ1n) is 10.9. The molecule has 1 N–H and O–H groups in total. The highest BCUT2D eigenvalue weighted by molar-refractivity contribution is 5.91. The Morgan fingerprint density at radius 3 is 2.48 bits per heavy atom. The number of nitrogens with zero attached hydrogens (tertiary/aromatic N) is 4. The van der Waals surface area contributed by atoms with Crippen LogP contribution in [0.15, 0.2) is 41.0 Å². The molecule has 0 spiro atoms. The summed E-state index contributed by atoms with van der Waals surface area (Å²) in [6, 6.07) is 9.61. The van der Waals surface area contributed by atoms with Crippen LogP contribution in [-0.2, 0) is 4.79 Å². The topological polar surface area (TPSA) is 85.7 Å². The molecule has 31 heavy (non-hydrogen) atoms. The fraction of sp³-hybridized carbons (Fsp3) is 0.435. The first-order valence-corrected chi connectivity index (χ1v) is 10.9. The molecule has 2 amide bonds. The minimum Gasteiger partial charge on any atom is -0.459 e. The third-order valence-electron chi connectivity index (χ3n) is 6.38. The second-order valence-corrected chi connectivity index (χ2v) is 8.44. The number of rotatable bonds is 3. The fourth-order valence-corrected chi connectivity index (χ4v) is 4.54. The van der Waals surface area contributed by atoms with E-state index in [1.165, 1.54) is 11.8 Å². The van der Waals surface area contributed by atoms with Crippen molar-refractivity contribution in [1.82, 2.24) is 19.8 Å². The van der Waals surface area contributed by atoms with Crippen LogP contribution in [0.25, 0.3) is 11.0 Å². The number of piperidine rings is 1. The third-order valence-corrected chi connectivity index (χ3v) is 6.38. The van der Waals surface area contributed by atoms with Crippen LogP contribution < -0.4 is 4.90 Å². The van der Waals surface area contributed by atoms with Gasteiger partial charge in [0.05, 0.1) is 17.3 Å². The van der Waals surface area contributed by atoms with Crippen LogP contribution in [0.5, 0.6) is 0 Å². The van der Waals surface area contributed by atoms with Gasteiger partial charge in [0.2, 0.25) is 11.9 Å². The van der Waals surface area contributed by atoms with Crippen LogP contribution in [0.1, 0.15) is 29.0 Å². The summed E-state index contributed by atoms with van der Waals surface area (Å²) in [6.45, 7) is 5.94. The maximum atomic E-state index is 13.0. The number of anilines is 1. The molecule has 1 aromatic carbocycles. The lowest BCUT2D eigenvalue weighted by molar-refractivity contribution is -0.137. The van der Waals surface area contributed by atoms with Crippen molar-refractivity contribution in [2.45, 2.75) is 19.8 Å². The van der Waals surface area contributed by atoms with Crippen LogP contribution in [0.2, 0.25) is 0 Å². The largest absolute Gasteiger partial charge is 0.459 e. The molecule has 2 fully saturated rings.